The van der Waals surface area contributed by atoms with Crippen molar-refractivity contribution < 1.29 is 22.8 Å². The maximum atomic E-state index is 12.7. The van der Waals surface area contributed by atoms with E-state index in [-0.39, 0.29) is 21.2 Å². The van der Waals surface area contributed by atoms with Gasteiger partial charge in [0, 0.05) is 6.26 Å². The summed E-state index contributed by atoms with van der Waals surface area (Å²) in [6.07, 6.45) is 1.11. The second-order valence-corrected chi connectivity index (χ2v) is 9.66. The summed E-state index contributed by atoms with van der Waals surface area (Å²) in [6.45, 7) is 1.46. The van der Waals surface area contributed by atoms with Gasteiger partial charge in [0.2, 0.25) is 5.91 Å². The Morgan fingerprint density at radius 1 is 1.10 bits per heavy atom. The lowest BCUT2D eigenvalue weighted by Gasteiger charge is -2.21. The Morgan fingerprint density at radius 2 is 1.72 bits per heavy atom. The van der Waals surface area contributed by atoms with E-state index in [1.807, 2.05) is 0 Å². The topological polar surface area (TPSA) is 114 Å². The summed E-state index contributed by atoms with van der Waals surface area (Å²) in [5, 5.41) is 2.86. The smallest absolute Gasteiger partial charge is 0.262 e. The molecule has 0 aliphatic carbocycles. The third-order valence-corrected chi connectivity index (χ3v) is 6.65. The predicted octanol–water partition coefficient (Wildman–Crippen LogP) is 2.32. The second kappa shape index (κ2) is 6.75. The van der Waals surface area contributed by atoms with Crippen LogP contribution in [0.3, 0.4) is 0 Å². The molecule has 29 heavy (non-hydrogen) atoms. The molecule has 1 aliphatic heterocycles. The van der Waals surface area contributed by atoms with Crippen molar-refractivity contribution in [1.82, 2.24) is 9.88 Å². The molecular weight excluding hydrogens is 414 g/mol. The Bertz CT molecular complexity index is 1260. The zero-order valence-electron chi connectivity index (χ0n) is 15.4. The second-order valence-electron chi connectivity index (χ2n) is 6.61. The van der Waals surface area contributed by atoms with E-state index < -0.39 is 33.6 Å². The molecule has 1 atom stereocenters. The summed E-state index contributed by atoms with van der Waals surface area (Å²) in [4.78, 5) is 43.1. The maximum Gasteiger partial charge on any atom is 0.262 e. The van der Waals surface area contributed by atoms with E-state index in [2.05, 4.69) is 10.3 Å². The van der Waals surface area contributed by atoms with E-state index >= 15 is 0 Å². The third-order valence-electron chi connectivity index (χ3n) is 4.61. The van der Waals surface area contributed by atoms with Crippen molar-refractivity contribution in [1.29, 1.82) is 0 Å². The highest BCUT2D eigenvalue weighted by Crippen LogP contribution is 2.29. The summed E-state index contributed by atoms with van der Waals surface area (Å²) >= 11 is 1.11. The van der Waals surface area contributed by atoms with Gasteiger partial charge in [-0.05, 0) is 37.3 Å². The largest absolute Gasteiger partial charge is 0.300 e. The highest BCUT2D eigenvalue weighted by atomic mass is 32.2. The fraction of sp³-hybridized carbons (Fsp3) is 0.158. The van der Waals surface area contributed by atoms with E-state index in [9.17, 15) is 22.8 Å². The molecule has 0 saturated heterocycles. The Labute approximate surface area is 170 Å². The quantitative estimate of drug-likeness (QED) is 0.637. The lowest BCUT2D eigenvalue weighted by molar-refractivity contribution is -0.119. The van der Waals surface area contributed by atoms with Crippen LogP contribution in [0.15, 0.2) is 47.4 Å². The molecule has 0 radical (unpaired) electrons. The Morgan fingerprint density at radius 3 is 2.31 bits per heavy atom. The molecule has 4 rings (SSSR count). The summed E-state index contributed by atoms with van der Waals surface area (Å²) in [7, 11) is -3.36. The summed E-state index contributed by atoms with van der Waals surface area (Å²) in [5.41, 5.74) is 1.07. The lowest BCUT2D eigenvalue weighted by Crippen LogP contribution is -2.45. The van der Waals surface area contributed by atoms with Crippen LogP contribution < -0.4 is 5.32 Å². The monoisotopic (exact) mass is 429 g/mol. The third kappa shape index (κ3) is 3.30. The van der Waals surface area contributed by atoms with Gasteiger partial charge in [0.15, 0.2) is 15.0 Å². The zero-order valence-corrected chi connectivity index (χ0v) is 17.0. The number of nitrogens with zero attached hydrogens (tertiary/aromatic N) is 2. The van der Waals surface area contributed by atoms with Crippen molar-refractivity contribution in [3.8, 4) is 0 Å². The van der Waals surface area contributed by atoms with Crippen LogP contribution >= 0.6 is 11.3 Å². The number of imide groups is 1. The van der Waals surface area contributed by atoms with Crippen LogP contribution in [0.25, 0.3) is 10.2 Å². The number of sulfone groups is 1. The van der Waals surface area contributed by atoms with Crippen LogP contribution in [0.1, 0.15) is 27.6 Å². The first-order valence-electron chi connectivity index (χ1n) is 8.55. The maximum absolute atomic E-state index is 12.7. The first-order valence-corrected chi connectivity index (χ1v) is 11.3. The molecular formula is C19H15N3O5S2. The highest BCUT2D eigenvalue weighted by Gasteiger charge is 2.40. The van der Waals surface area contributed by atoms with Crippen molar-refractivity contribution >= 4 is 54.2 Å². The van der Waals surface area contributed by atoms with Crippen LogP contribution in [0.4, 0.5) is 5.13 Å². The number of thiazole rings is 1. The number of rotatable bonds is 4. The molecule has 0 bridgehead atoms. The number of anilines is 1. The van der Waals surface area contributed by atoms with Crippen molar-refractivity contribution in [2.24, 2.45) is 0 Å². The minimum absolute atomic E-state index is 0.158. The molecule has 148 valence electrons. The van der Waals surface area contributed by atoms with Crippen LogP contribution in [-0.4, -0.2) is 48.3 Å². The minimum Gasteiger partial charge on any atom is -0.300 e. The molecule has 10 heteroatoms. The highest BCUT2D eigenvalue weighted by molar-refractivity contribution is 7.90. The van der Waals surface area contributed by atoms with Gasteiger partial charge in [-0.3, -0.25) is 19.3 Å². The fourth-order valence-electron chi connectivity index (χ4n) is 3.08. The van der Waals surface area contributed by atoms with Gasteiger partial charge in [-0.1, -0.05) is 23.5 Å². The molecule has 2 aromatic carbocycles. The lowest BCUT2D eigenvalue weighted by atomic mass is 10.1. The number of fused-ring (bicyclic) bond motifs is 2. The van der Waals surface area contributed by atoms with E-state index in [4.69, 9.17) is 0 Å². The minimum atomic E-state index is -3.36. The molecule has 1 N–H and O–H groups in total. The van der Waals surface area contributed by atoms with Gasteiger partial charge in [0.1, 0.15) is 6.04 Å². The number of amides is 3. The number of nitrogens with one attached hydrogen (secondary N) is 1. The van der Waals surface area contributed by atoms with Crippen LogP contribution in [-0.2, 0) is 14.6 Å². The van der Waals surface area contributed by atoms with E-state index in [1.165, 1.54) is 19.1 Å². The number of benzene rings is 2. The summed E-state index contributed by atoms with van der Waals surface area (Å²) in [6, 6.07) is 9.87. The van der Waals surface area contributed by atoms with Gasteiger partial charge >= 0.3 is 0 Å². The number of hydrogen-bond acceptors (Lipinski definition) is 7. The normalized spacial score (nSPS) is 14.9. The van der Waals surface area contributed by atoms with E-state index in [0.717, 1.165) is 22.5 Å². The number of carbonyl (C=O) groups excluding carboxylic acids is 3. The molecule has 1 aliphatic rings. The number of hydrogen-bond donors (Lipinski definition) is 1. The molecule has 0 fully saturated rings. The van der Waals surface area contributed by atoms with Crippen LogP contribution in [0.5, 0.6) is 0 Å². The Hall–Kier alpha value is -3.11. The summed E-state index contributed by atoms with van der Waals surface area (Å²) < 4.78 is 24.0. The first-order chi connectivity index (χ1) is 13.7. The molecule has 3 amide bonds. The van der Waals surface area contributed by atoms with E-state index in [1.54, 1.807) is 30.3 Å². The summed E-state index contributed by atoms with van der Waals surface area (Å²) in [5.74, 6) is -1.60. The molecule has 8 nitrogen and oxygen atoms in total. The molecule has 2 heterocycles. The number of carbonyl (C=O) groups is 3. The van der Waals surface area contributed by atoms with Crippen molar-refractivity contribution in [2.75, 3.05) is 11.6 Å². The van der Waals surface area contributed by atoms with Gasteiger partial charge in [0.05, 0.1) is 26.2 Å². The van der Waals surface area contributed by atoms with Crippen molar-refractivity contribution in [3.63, 3.8) is 0 Å². The van der Waals surface area contributed by atoms with Crippen molar-refractivity contribution in [3.05, 3.63) is 53.6 Å². The molecule has 1 aromatic heterocycles. The van der Waals surface area contributed by atoms with Crippen LogP contribution in [0, 0.1) is 0 Å². The standard InChI is InChI=1S/C19H15N3O5S2/c1-10(22-17(24)12-5-3-4-6-13(12)18(22)25)16(23)21-19-20-14-8-7-11(29(2,26)27)9-15(14)28-19/h3-10H,1-2H3,(H,20,21,23)/t10-/m0/s1. The van der Waals surface area contributed by atoms with Crippen LogP contribution in [0.2, 0.25) is 0 Å². The fourth-order valence-corrected chi connectivity index (χ4v) is 4.71. The van der Waals surface area contributed by atoms with Gasteiger partial charge in [-0.25, -0.2) is 13.4 Å². The van der Waals surface area contributed by atoms with Gasteiger partial charge < -0.3 is 5.32 Å². The Balaban J connectivity index is 1.57. The molecule has 0 unspecified atom stereocenters. The average Bonchev–Trinajstić information content (AvgIpc) is 3.18. The number of aromatic nitrogens is 1. The Kier molecular flexibility index (Phi) is 4.47. The molecule has 0 saturated carbocycles. The first kappa shape index (κ1) is 19.2. The van der Waals surface area contributed by atoms with E-state index in [0.29, 0.717) is 10.2 Å². The zero-order chi connectivity index (χ0) is 20.9. The SMILES string of the molecule is C[C@@H](C(=O)Nc1nc2ccc(S(C)(=O)=O)cc2s1)N1C(=O)c2ccccc2C1=O. The van der Waals surface area contributed by atoms with Gasteiger partial charge in [-0.15, -0.1) is 0 Å². The van der Waals surface area contributed by atoms with Gasteiger partial charge in [-0.2, -0.15) is 0 Å². The van der Waals surface area contributed by atoms with Crippen molar-refractivity contribution in [2.45, 2.75) is 17.9 Å². The molecule has 0 spiro atoms. The predicted molar refractivity (Wildman–Crippen MR) is 108 cm³/mol. The average molecular weight is 429 g/mol. The molecule has 3 aromatic rings. The van der Waals surface area contributed by atoms with Gasteiger partial charge in [0.25, 0.3) is 11.8 Å².